The number of hydrogen-bond acceptors (Lipinski definition) is 12. The molecule has 10 aliphatic carbocycles. The second kappa shape index (κ2) is 12.4. The first kappa shape index (κ1) is 33.6. The van der Waals surface area contributed by atoms with Crippen molar-refractivity contribution < 1.29 is 61.4 Å². The molecule has 11 rings (SSSR count). The standard InChI is InChI=1S/C37H58IN4O8/c1-14-12-37(38-13-14,50-42-46)23-10-15-2-4-19-29-25(15)27-17(23)6-8-21-31(27)33-30-20(35(21)48-40-44)5-3-16-11-24(47-39-43)18-7-9-22(36(19)49-41-45)32(34(29)33)28(18)26(16)30/h14-36,39-46H,2-13H2,1H3/q-1/t14-,15?,16?,17?,18?,19?,20?,21?,22?,23?,24?,25?,26?,27?,28?,29?,30?,31?,32?,33?,34?,35?,36?,37?/m0/s1. The summed E-state index contributed by atoms with van der Waals surface area (Å²) in [7, 11) is 0. The molecular formula is C37H58IN4O8-. The molecule has 13 heteroatoms. The summed E-state index contributed by atoms with van der Waals surface area (Å²) in [6.07, 6.45) is 12.4. The molecule has 0 radical (unpaired) electrons. The van der Waals surface area contributed by atoms with Gasteiger partial charge >= 0.3 is 295 Å². The van der Waals surface area contributed by atoms with Crippen LogP contribution in [0.25, 0.3) is 0 Å². The zero-order valence-corrected chi connectivity index (χ0v) is 31.2. The van der Waals surface area contributed by atoms with Crippen LogP contribution >= 0.6 is 0 Å². The Morgan fingerprint density at radius 3 is 1.54 bits per heavy atom. The van der Waals surface area contributed by atoms with Crippen LogP contribution in [0.4, 0.5) is 0 Å². The average Bonchev–Trinajstić information content (AvgIpc) is 3.51. The van der Waals surface area contributed by atoms with Crippen molar-refractivity contribution in [3.05, 3.63) is 0 Å². The van der Waals surface area contributed by atoms with Crippen LogP contribution in [0.5, 0.6) is 0 Å². The van der Waals surface area contributed by atoms with E-state index in [1.54, 1.807) is 0 Å². The van der Waals surface area contributed by atoms with E-state index in [1.165, 1.54) is 23.7 Å². The molecule has 11 fully saturated rings. The first-order valence-electron chi connectivity index (χ1n) is 20.3. The summed E-state index contributed by atoms with van der Waals surface area (Å²) in [5.74, 6) is 10.8. The summed E-state index contributed by atoms with van der Waals surface area (Å²) in [5.41, 5.74) is 8.97. The van der Waals surface area contributed by atoms with Gasteiger partial charge in [-0.1, -0.05) is 5.64 Å². The van der Waals surface area contributed by atoms with Crippen molar-refractivity contribution in [2.45, 2.75) is 99.5 Å². The Labute approximate surface area is 305 Å². The van der Waals surface area contributed by atoms with E-state index < -0.39 is 0 Å². The molecule has 0 aromatic rings. The Kier molecular flexibility index (Phi) is 8.31. The van der Waals surface area contributed by atoms with Gasteiger partial charge in [0.15, 0.2) is 0 Å². The van der Waals surface area contributed by atoms with Gasteiger partial charge in [-0.15, -0.1) is 0 Å². The Morgan fingerprint density at radius 2 is 1.00 bits per heavy atom. The van der Waals surface area contributed by atoms with Crippen LogP contribution in [0, 0.1) is 118 Å². The van der Waals surface area contributed by atoms with Crippen LogP contribution < -0.4 is 43.8 Å². The van der Waals surface area contributed by atoms with E-state index in [9.17, 15) is 20.8 Å². The van der Waals surface area contributed by atoms with Crippen LogP contribution in [0.1, 0.15) is 77.6 Å². The monoisotopic (exact) mass is 813 g/mol. The van der Waals surface area contributed by atoms with Gasteiger partial charge in [0.05, 0.1) is 0 Å². The van der Waals surface area contributed by atoms with Crippen molar-refractivity contribution >= 4 is 0 Å². The second-order valence-corrected chi connectivity index (χ2v) is 22.8. The summed E-state index contributed by atoms with van der Waals surface area (Å²) < 4.78 is 1.03. The first-order valence-corrected chi connectivity index (χ1v) is 23.0. The van der Waals surface area contributed by atoms with Gasteiger partial charge in [0, 0.05) is 0 Å². The van der Waals surface area contributed by atoms with Gasteiger partial charge in [0.25, 0.3) is 0 Å². The second-order valence-electron chi connectivity index (χ2n) is 19.3. The van der Waals surface area contributed by atoms with E-state index in [0.717, 1.165) is 51.4 Å². The number of rotatable bonds is 9. The molecule has 8 N–H and O–H groups in total. The number of halogens is 1. The topological polar surface area (TPSA) is 166 Å². The zero-order chi connectivity index (χ0) is 33.6. The molecule has 0 spiro atoms. The van der Waals surface area contributed by atoms with Crippen LogP contribution in [-0.2, 0) is 19.4 Å². The molecule has 0 amide bonds. The molecule has 1 heterocycles. The molecule has 12 nitrogen and oxygen atoms in total. The van der Waals surface area contributed by atoms with E-state index in [1.807, 2.05) is 0 Å². The van der Waals surface area contributed by atoms with E-state index in [4.69, 9.17) is 19.4 Å². The molecule has 24 atom stereocenters. The van der Waals surface area contributed by atoms with Gasteiger partial charge < -0.3 is 0 Å². The van der Waals surface area contributed by atoms with Gasteiger partial charge in [-0.2, -0.15) is 0 Å². The molecule has 11 aliphatic rings. The summed E-state index contributed by atoms with van der Waals surface area (Å²) in [6.45, 7) is 2.38. The van der Waals surface area contributed by atoms with Crippen molar-refractivity contribution in [3.63, 3.8) is 0 Å². The third-order valence-electron chi connectivity index (χ3n) is 18.7. The maximum atomic E-state index is 10.2. The van der Waals surface area contributed by atoms with Crippen molar-refractivity contribution in [2.24, 2.45) is 118 Å². The van der Waals surface area contributed by atoms with Crippen molar-refractivity contribution in [2.75, 3.05) is 4.43 Å². The Hall–Kier alpha value is 0.250. The van der Waals surface area contributed by atoms with E-state index in [0.29, 0.717) is 118 Å². The fourth-order valence-electron chi connectivity index (χ4n) is 18.5. The Morgan fingerprint density at radius 1 is 0.520 bits per heavy atom. The molecule has 0 bridgehead atoms. The Balaban J connectivity index is 1.10. The minimum atomic E-state index is -0.235. The summed E-state index contributed by atoms with van der Waals surface area (Å²) in [4.78, 5) is 25.2. The molecule has 1 aliphatic heterocycles. The van der Waals surface area contributed by atoms with Crippen LogP contribution in [0.3, 0.4) is 0 Å². The van der Waals surface area contributed by atoms with Crippen molar-refractivity contribution in [1.82, 2.24) is 22.6 Å². The van der Waals surface area contributed by atoms with Gasteiger partial charge in [0.1, 0.15) is 0 Å². The fraction of sp³-hybridized carbons (Fsp3) is 1.00. The van der Waals surface area contributed by atoms with Gasteiger partial charge in [-0.05, 0) is 0 Å². The number of alkyl halides is 2. The normalized spacial score (nSPS) is 62.1. The summed E-state index contributed by atoms with van der Waals surface area (Å²) in [6, 6.07) is 0. The minimum absolute atomic E-state index is 0.00854. The molecule has 50 heavy (non-hydrogen) atoms. The molecule has 0 aromatic carbocycles. The summed E-state index contributed by atoms with van der Waals surface area (Å²) >= 11 is -0.235. The fourth-order valence-corrected chi connectivity index (χ4v) is 22.9. The molecular weight excluding hydrogens is 755 g/mol. The molecule has 10 saturated carbocycles. The third-order valence-corrected chi connectivity index (χ3v) is 23.4. The van der Waals surface area contributed by atoms with Crippen LogP contribution in [0.15, 0.2) is 0 Å². The molecule has 1 saturated heterocycles. The average molecular weight is 814 g/mol. The predicted octanol–water partition coefficient (Wildman–Crippen LogP) is 1.30. The van der Waals surface area contributed by atoms with E-state index in [-0.39, 0.29) is 43.1 Å². The van der Waals surface area contributed by atoms with Crippen LogP contribution in [0.2, 0.25) is 0 Å². The number of nitrogens with one attached hydrogen (secondary N) is 4. The van der Waals surface area contributed by atoms with Crippen molar-refractivity contribution in [3.8, 4) is 0 Å². The van der Waals surface area contributed by atoms with Gasteiger partial charge in [-0.3, -0.25) is 5.21 Å². The number of hydrogen-bond donors (Lipinski definition) is 8. The van der Waals surface area contributed by atoms with Crippen molar-refractivity contribution in [1.29, 1.82) is 0 Å². The quantitative estimate of drug-likeness (QED) is 0.0959. The SMILES string of the molecule is C[C@@H]1C[I-]C(ONO)(C2CC3CCC4C(ONO)C5CCC6C(ONO)CC7CCC8C(ONO)C9CCC2C2C3C4C3C5C6C7C8C3C92)C1. The van der Waals surface area contributed by atoms with E-state index >= 15 is 0 Å². The summed E-state index contributed by atoms with van der Waals surface area (Å²) in [5, 5.41) is 40.4. The van der Waals surface area contributed by atoms with Gasteiger partial charge in [-0.25, -0.2) is 0 Å². The Bertz CT molecular complexity index is 1320. The first-order chi connectivity index (χ1) is 24.5. The molecule has 282 valence electrons. The van der Waals surface area contributed by atoms with Crippen LogP contribution in [-0.4, -0.2) is 47.2 Å². The van der Waals surface area contributed by atoms with E-state index in [2.05, 4.69) is 29.5 Å². The van der Waals surface area contributed by atoms with Gasteiger partial charge in [0.2, 0.25) is 0 Å². The molecule has 0 aromatic heterocycles. The maximum absolute atomic E-state index is 10.2. The zero-order valence-electron chi connectivity index (χ0n) is 29.1. The predicted molar refractivity (Wildman–Crippen MR) is 169 cm³/mol. The third kappa shape index (κ3) is 4.30. The molecule has 23 unspecified atom stereocenters.